The monoisotopic (exact) mass is 467 g/mol. The molecule has 2 aliphatic heterocycles. The van der Waals surface area contributed by atoms with Crippen LogP contribution in [0.4, 0.5) is 0 Å². The number of hydrogen-bond acceptors (Lipinski definition) is 5. The van der Waals surface area contributed by atoms with Gasteiger partial charge < -0.3 is 25.7 Å². The molecular formula is C21H30BrN3O4. The summed E-state index contributed by atoms with van der Waals surface area (Å²) in [5.41, 5.74) is 1.09. The van der Waals surface area contributed by atoms with Gasteiger partial charge in [0.2, 0.25) is 0 Å². The minimum absolute atomic E-state index is 0.232. The summed E-state index contributed by atoms with van der Waals surface area (Å²) < 4.78 is 0.924. The lowest BCUT2D eigenvalue weighted by molar-refractivity contribution is -0.155. The third-order valence-electron chi connectivity index (χ3n) is 6.25. The van der Waals surface area contributed by atoms with Crippen LogP contribution in [0.25, 0.3) is 0 Å². The van der Waals surface area contributed by atoms with Crippen molar-refractivity contribution in [2.24, 2.45) is 5.41 Å². The smallest absolute Gasteiger partial charge is 0.254 e. The molecule has 3 atom stereocenters. The molecule has 0 saturated carbocycles. The number of likely N-dealkylation sites (tertiary alicyclic amines) is 1. The van der Waals surface area contributed by atoms with Crippen LogP contribution in [0, 0.1) is 5.41 Å². The Bertz CT molecular complexity index is 711. The Morgan fingerprint density at radius 2 is 1.79 bits per heavy atom. The Kier molecular flexibility index (Phi) is 7.32. The van der Waals surface area contributed by atoms with Gasteiger partial charge in [0.05, 0.1) is 6.04 Å². The molecule has 2 aliphatic rings. The van der Waals surface area contributed by atoms with E-state index in [9.17, 15) is 19.8 Å². The number of piperidine rings is 2. The molecule has 29 heavy (non-hydrogen) atoms. The van der Waals surface area contributed by atoms with Crippen LogP contribution in [-0.2, 0) is 9.59 Å². The van der Waals surface area contributed by atoms with E-state index in [0.717, 1.165) is 48.8 Å². The van der Waals surface area contributed by atoms with E-state index in [1.807, 2.05) is 24.3 Å². The number of halogens is 1. The minimum atomic E-state index is -1.80. The summed E-state index contributed by atoms with van der Waals surface area (Å²) in [6.07, 6.45) is 0.497. The Balaban J connectivity index is 1.52. The van der Waals surface area contributed by atoms with Crippen molar-refractivity contribution in [3.63, 3.8) is 0 Å². The molecule has 160 valence electrons. The first-order valence-electron chi connectivity index (χ1n) is 10.2. The number of hydrogen-bond donors (Lipinski definition) is 4. The van der Waals surface area contributed by atoms with Crippen LogP contribution in [0.3, 0.4) is 0 Å². The van der Waals surface area contributed by atoms with Gasteiger partial charge in [-0.3, -0.25) is 9.59 Å². The normalized spacial score (nSPS) is 22.0. The van der Waals surface area contributed by atoms with Gasteiger partial charge in [0.15, 0.2) is 12.2 Å². The molecule has 0 aromatic heterocycles. The predicted octanol–water partition coefficient (Wildman–Crippen LogP) is 1.34. The highest BCUT2D eigenvalue weighted by Gasteiger charge is 2.40. The van der Waals surface area contributed by atoms with Crippen molar-refractivity contribution in [2.75, 3.05) is 26.2 Å². The SMILES string of the molecule is C[C@H](NC(=O)[C@H](O)[C@@H](O)C(=O)N1CCC2(CCCNC2)CC1)c1ccc(Br)cc1. The quantitative estimate of drug-likeness (QED) is 0.523. The largest absolute Gasteiger partial charge is 0.380 e. The molecule has 0 aliphatic carbocycles. The fourth-order valence-corrected chi connectivity index (χ4v) is 4.52. The van der Waals surface area contributed by atoms with Gasteiger partial charge in [-0.05, 0) is 62.3 Å². The van der Waals surface area contributed by atoms with Crippen LogP contribution in [0.2, 0.25) is 0 Å². The van der Waals surface area contributed by atoms with E-state index in [0.29, 0.717) is 13.1 Å². The highest BCUT2D eigenvalue weighted by molar-refractivity contribution is 9.10. The Labute approximate surface area is 180 Å². The maximum absolute atomic E-state index is 12.6. The molecular weight excluding hydrogens is 438 g/mol. The zero-order valence-electron chi connectivity index (χ0n) is 16.7. The highest BCUT2D eigenvalue weighted by Crippen LogP contribution is 2.37. The Morgan fingerprint density at radius 1 is 1.14 bits per heavy atom. The highest BCUT2D eigenvalue weighted by atomic mass is 79.9. The lowest BCUT2D eigenvalue weighted by Crippen LogP contribution is -2.55. The number of aliphatic hydroxyl groups excluding tert-OH is 2. The van der Waals surface area contributed by atoms with Crippen molar-refractivity contribution in [2.45, 2.75) is 50.9 Å². The van der Waals surface area contributed by atoms with Crippen LogP contribution in [0.1, 0.15) is 44.2 Å². The van der Waals surface area contributed by atoms with Gasteiger partial charge in [-0.25, -0.2) is 0 Å². The maximum Gasteiger partial charge on any atom is 0.254 e. The second kappa shape index (κ2) is 9.55. The number of carbonyl (C=O) groups excluding carboxylic acids is 2. The molecule has 3 rings (SSSR count). The molecule has 2 amide bonds. The predicted molar refractivity (Wildman–Crippen MR) is 113 cm³/mol. The van der Waals surface area contributed by atoms with Crippen molar-refractivity contribution in [3.05, 3.63) is 34.3 Å². The lowest BCUT2D eigenvalue weighted by atomic mass is 9.73. The summed E-state index contributed by atoms with van der Waals surface area (Å²) in [7, 11) is 0. The summed E-state index contributed by atoms with van der Waals surface area (Å²) in [6, 6.07) is 7.07. The van der Waals surface area contributed by atoms with Crippen molar-refractivity contribution in [1.29, 1.82) is 0 Å². The third kappa shape index (κ3) is 5.36. The van der Waals surface area contributed by atoms with E-state index in [1.165, 1.54) is 0 Å². The fraction of sp³-hybridized carbons (Fsp3) is 0.619. The van der Waals surface area contributed by atoms with Crippen molar-refractivity contribution >= 4 is 27.7 Å². The standard InChI is InChI=1S/C21H30BrN3O4/c1-14(15-3-5-16(22)6-4-15)24-19(28)17(26)18(27)20(29)25-11-8-21(9-12-25)7-2-10-23-13-21/h3-6,14,17-18,23,26-27H,2,7-13H2,1H3,(H,24,28)/t14-,17+,18+/m0/s1. The molecule has 4 N–H and O–H groups in total. The lowest BCUT2D eigenvalue weighted by Gasteiger charge is -2.44. The van der Waals surface area contributed by atoms with Crippen LogP contribution in [0.15, 0.2) is 28.7 Å². The number of nitrogens with one attached hydrogen (secondary N) is 2. The number of aliphatic hydroxyl groups is 2. The van der Waals surface area contributed by atoms with Gasteiger partial charge in [0.25, 0.3) is 11.8 Å². The second-order valence-electron chi connectivity index (χ2n) is 8.28. The Morgan fingerprint density at radius 3 is 2.38 bits per heavy atom. The molecule has 0 radical (unpaired) electrons. The fourth-order valence-electron chi connectivity index (χ4n) is 4.26. The van der Waals surface area contributed by atoms with Crippen LogP contribution in [-0.4, -0.2) is 65.3 Å². The third-order valence-corrected chi connectivity index (χ3v) is 6.77. The number of carbonyl (C=O) groups is 2. The van der Waals surface area contributed by atoms with E-state index < -0.39 is 24.0 Å². The zero-order chi connectivity index (χ0) is 21.0. The molecule has 1 aromatic rings. The first-order chi connectivity index (χ1) is 13.8. The second-order valence-corrected chi connectivity index (χ2v) is 9.19. The summed E-state index contributed by atoms with van der Waals surface area (Å²) in [4.78, 5) is 26.5. The van der Waals surface area contributed by atoms with E-state index in [-0.39, 0.29) is 11.5 Å². The van der Waals surface area contributed by atoms with Gasteiger partial charge in [0.1, 0.15) is 0 Å². The average molecular weight is 468 g/mol. The molecule has 1 aromatic carbocycles. The van der Waals surface area contributed by atoms with Gasteiger partial charge >= 0.3 is 0 Å². The van der Waals surface area contributed by atoms with E-state index in [2.05, 4.69) is 26.6 Å². The van der Waals surface area contributed by atoms with Gasteiger partial charge in [-0.1, -0.05) is 28.1 Å². The molecule has 2 saturated heterocycles. The first kappa shape index (κ1) is 22.2. The molecule has 7 nitrogen and oxygen atoms in total. The van der Waals surface area contributed by atoms with Crippen LogP contribution >= 0.6 is 15.9 Å². The Hall–Kier alpha value is -1.48. The molecule has 0 unspecified atom stereocenters. The van der Waals surface area contributed by atoms with Crippen molar-refractivity contribution < 1.29 is 19.8 Å². The number of benzene rings is 1. The zero-order valence-corrected chi connectivity index (χ0v) is 18.3. The van der Waals surface area contributed by atoms with Crippen LogP contribution < -0.4 is 10.6 Å². The maximum atomic E-state index is 12.6. The molecule has 2 fully saturated rings. The summed E-state index contributed by atoms with van der Waals surface area (Å²) in [5, 5.41) is 26.6. The van der Waals surface area contributed by atoms with Crippen molar-refractivity contribution in [3.8, 4) is 0 Å². The van der Waals surface area contributed by atoms with Gasteiger partial charge in [0, 0.05) is 24.1 Å². The molecule has 1 spiro atoms. The van der Waals surface area contributed by atoms with Crippen LogP contribution in [0.5, 0.6) is 0 Å². The number of nitrogens with zero attached hydrogens (tertiary/aromatic N) is 1. The minimum Gasteiger partial charge on any atom is -0.380 e. The molecule has 8 heteroatoms. The summed E-state index contributed by atoms with van der Waals surface area (Å²) in [5.74, 6) is -1.34. The van der Waals surface area contributed by atoms with E-state index in [1.54, 1.807) is 11.8 Å². The van der Waals surface area contributed by atoms with E-state index in [4.69, 9.17) is 0 Å². The average Bonchev–Trinajstić information content (AvgIpc) is 2.73. The summed E-state index contributed by atoms with van der Waals surface area (Å²) in [6.45, 7) is 4.88. The molecule has 2 heterocycles. The number of amides is 2. The molecule has 0 bridgehead atoms. The van der Waals surface area contributed by atoms with E-state index >= 15 is 0 Å². The first-order valence-corrected chi connectivity index (χ1v) is 11.0. The summed E-state index contributed by atoms with van der Waals surface area (Å²) >= 11 is 3.36. The van der Waals surface area contributed by atoms with Gasteiger partial charge in [-0.15, -0.1) is 0 Å². The van der Waals surface area contributed by atoms with Crippen molar-refractivity contribution in [1.82, 2.24) is 15.5 Å². The number of rotatable bonds is 5. The topological polar surface area (TPSA) is 102 Å². The van der Waals surface area contributed by atoms with Gasteiger partial charge in [-0.2, -0.15) is 0 Å².